The maximum Gasteiger partial charge on any atom is 0.104 e. The third-order valence-electron chi connectivity index (χ3n) is 3.93. The lowest BCUT2D eigenvalue weighted by atomic mass is 10.0. The van der Waals surface area contributed by atoms with Crippen LogP contribution in [0, 0.1) is 6.92 Å². The summed E-state index contributed by atoms with van der Waals surface area (Å²) in [7, 11) is 0. The fourth-order valence-corrected chi connectivity index (χ4v) is 2.62. The average molecular weight is 292 g/mol. The molecule has 0 fully saturated rings. The second-order valence-electron chi connectivity index (χ2n) is 5.49. The van der Waals surface area contributed by atoms with Gasteiger partial charge in [-0.1, -0.05) is 65.4 Å². The Morgan fingerprint density at radius 2 is 1.73 bits per heavy atom. The molecule has 112 valence electrons. The van der Waals surface area contributed by atoms with E-state index in [1.807, 2.05) is 22.9 Å². The molecule has 1 atom stereocenters. The molecule has 3 rings (SSSR count). The van der Waals surface area contributed by atoms with Crippen molar-refractivity contribution in [1.82, 2.24) is 15.0 Å². The number of hydrogen-bond acceptors (Lipinski definition) is 3. The third kappa shape index (κ3) is 2.65. The predicted molar refractivity (Wildman–Crippen MR) is 88.3 cm³/mol. The lowest BCUT2D eigenvalue weighted by Crippen LogP contribution is -2.11. The van der Waals surface area contributed by atoms with E-state index in [1.54, 1.807) is 0 Å². The second kappa shape index (κ2) is 6.12. The summed E-state index contributed by atoms with van der Waals surface area (Å²) in [4.78, 5) is 0. The highest BCUT2D eigenvalue weighted by molar-refractivity contribution is 5.62. The van der Waals surface area contributed by atoms with E-state index in [0.717, 1.165) is 17.0 Å². The lowest BCUT2D eigenvalue weighted by molar-refractivity contribution is 0.548. The highest BCUT2D eigenvalue weighted by atomic mass is 15.4. The van der Waals surface area contributed by atoms with Crippen LogP contribution >= 0.6 is 0 Å². The summed E-state index contributed by atoms with van der Waals surface area (Å²) >= 11 is 0. The van der Waals surface area contributed by atoms with Gasteiger partial charge in [0.2, 0.25) is 0 Å². The summed E-state index contributed by atoms with van der Waals surface area (Å²) in [5, 5.41) is 8.62. The molecule has 4 heteroatoms. The van der Waals surface area contributed by atoms with Gasteiger partial charge in [-0.2, -0.15) is 0 Å². The van der Waals surface area contributed by atoms with Crippen molar-refractivity contribution in [2.45, 2.75) is 26.4 Å². The maximum absolute atomic E-state index is 5.85. The summed E-state index contributed by atoms with van der Waals surface area (Å²) in [6.45, 7) is 4.59. The third-order valence-corrected chi connectivity index (χ3v) is 3.93. The molecule has 0 aliphatic heterocycles. The quantitative estimate of drug-likeness (QED) is 0.802. The maximum atomic E-state index is 5.85. The van der Waals surface area contributed by atoms with Gasteiger partial charge >= 0.3 is 0 Å². The smallest absolute Gasteiger partial charge is 0.104 e. The molecule has 4 nitrogen and oxygen atoms in total. The monoisotopic (exact) mass is 292 g/mol. The number of aryl methyl sites for hydroxylation is 1. The van der Waals surface area contributed by atoms with Gasteiger partial charge in [0.25, 0.3) is 0 Å². The molecule has 0 bridgehead atoms. The number of nitrogens with two attached hydrogens (primary N) is 1. The molecular formula is C18H20N4. The van der Waals surface area contributed by atoms with Crippen molar-refractivity contribution < 1.29 is 0 Å². The molecule has 2 N–H and O–H groups in total. The zero-order chi connectivity index (χ0) is 15.5. The molecule has 3 aromatic rings. The second-order valence-corrected chi connectivity index (χ2v) is 5.49. The van der Waals surface area contributed by atoms with Crippen molar-refractivity contribution in [3.63, 3.8) is 0 Å². The Kier molecular flexibility index (Phi) is 4.02. The van der Waals surface area contributed by atoms with Crippen molar-refractivity contribution in [2.24, 2.45) is 5.73 Å². The van der Waals surface area contributed by atoms with Gasteiger partial charge in [-0.05, 0) is 19.4 Å². The number of rotatable bonds is 4. The Balaban J connectivity index is 2.09. The number of nitrogens with zero attached hydrogens (tertiary/aromatic N) is 3. The van der Waals surface area contributed by atoms with Crippen molar-refractivity contribution in [1.29, 1.82) is 0 Å². The Morgan fingerprint density at radius 3 is 2.36 bits per heavy atom. The van der Waals surface area contributed by atoms with E-state index < -0.39 is 0 Å². The Morgan fingerprint density at radius 1 is 1.05 bits per heavy atom. The first-order chi connectivity index (χ1) is 10.7. The predicted octanol–water partition coefficient (Wildman–Crippen LogP) is 3.32. The van der Waals surface area contributed by atoms with Crippen LogP contribution in [0.1, 0.15) is 29.8 Å². The topological polar surface area (TPSA) is 56.7 Å². The van der Waals surface area contributed by atoms with Crippen LogP contribution in [-0.2, 0) is 6.54 Å². The molecule has 0 aliphatic carbocycles. The average Bonchev–Trinajstić information content (AvgIpc) is 2.99. The Labute approximate surface area is 130 Å². The van der Waals surface area contributed by atoms with Crippen LogP contribution in [0.5, 0.6) is 0 Å². The van der Waals surface area contributed by atoms with Crippen LogP contribution in [0.2, 0.25) is 0 Å². The summed E-state index contributed by atoms with van der Waals surface area (Å²) in [5.41, 5.74) is 11.2. The van der Waals surface area contributed by atoms with Gasteiger partial charge in [-0.3, -0.25) is 0 Å². The fraction of sp³-hybridized carbons (Fsp3) is 0.222. The SMILES string of the molecule is Cc1ccc(-c2c(CN)nnn2C(C)c2ccccc2)cc1. The summed E-state index contributed by atoms with van der Waals surface area (Å²) in [5.74, 6) is 0. The molecule has 22 heavy (non-hydrogen) atoms. The molecule has 0 spiro atoms. The van der Waals surface area contributed by atoms with Crippen LogP contribution in [0.15, 0.2) is 54.6 Å². The van der Waals surface area contributed by atoms with E-state index >= 15 is 0 Å². The van der Waals surface area contributed by atoms with Crippen LogP contribution in [-0.4, -0.2) is 15.0 Å². The van der Waals surface area contributed by atoms with Gasteiger partial charge in [0, 0.05) is 12.1 Å². The molecule has 0 radical (unpaired) electrons. The summed E-state index contributed by atoms with van der Waals surface area (Å²) in [6.07, 6.45) is 0. The number of benzene rings is 2. The Hall–Kier alpha value is -2.46. The van der Waals surface area contributed by atoms with E-state index in [1.165, 1.54) is 11.1 Å². The molecule has 1 heterocycles. The first kappa shape index (κ1) is 14.5. The standard InChI is InChI=1S/C18H20N4/c1-13-8-10-16(11-9-13)18-17(12-19)20-21-22(18)14(2)15-6-4-3-5-7-15/h3-11,14H,12,19H2,1-2H3. The number of hydrogen-bond donors (Lipinski definition) is 1. The van der Waals surface area contributed by atoms with Gasteiger partial charge in [0.15, 0.2) is 0 Å². The van der Waals surface area contributed by atoms with Crippen LogP contribution < -0.4 is 5.73 Å². The van der Waals surface area contributed by atoms with Gasteiger partial charge in [-0.25, -0.2) is 4.68 Å². The van der Waals surface area contributed by atoms with Crippen LogP contribution in [0.3, 0.4) is 0 Å². The lowest BCUT2D eigenvalue weighted by Gasteiger charge is -2.16. The molecule has 1 unspecified atom stereocenters. The van der Waals surface area contributed by atoms with E-state index in [2.05, 4.69) is 60.6 Å². The molecule has 0 saturated heterocycles. The van der Waals surface area contributed by atoms with Gasteiger partial charge in [0.1, 0.15) is 5.69 Å². The van der Waals surface area contributed by atoms with Crippen molar-refractivity contribution in [3.8, 4) is 11.3 Å². The van der Waals surface area contributed by atoms with Crippen molar-refractivity contribution in [2.75, 3.05) is 0 Å². The highest BCUT2D eigenvalue weighted by Gasteiger charge is 2.18. The summed E-state index contributed by atoms with van der Waals surface area (Å²) < 4.78 is 1.96. The van der Waals surface area contributed by atoms with Crippen LogP contribution in [0.25, 0.3) is 11.3 Å². The van der Waals surface area contributed by atoms with Gasteiger partial charge in [-0.15, -0.1) is 5.10 Å². The van der Waals surface area contributed by atoms with Gasteiger partial charge in [0.05, 0.1) is 11.7 Å². The number of aromatic nitrogens is 3. The van der Waals surface area contributed by atoms with E-state index in [-0.39, 0.29) is 6.04 Å². The summed E-state index contributed by atoms with van der Waals surface area (Å²) in [6, 6.07) is 18.8. The van der Waals surface area contributed by atoms with E-state index in [4.69, 9.17) is 5.73 Å². The first-order valence-corrected chi connectivity index (χ1v) is 7.47. The molecule has 0 amide bonds. The first-order valence-electron chi connectivity index (χ1n) is 7.47. The normalized spacial score (nSPS) is 12.3. The molecule has 0 aliphatic rings. The van der Waals surface area contributed by atoms with E-state index in [9.17, 15) is 0 Å². The van der Waals surface area contributed by atoms with Crippen molar-refractivity contribution in [3.05, 3.63) is 71.4 Å². The zero-order valence-electron chi connectivity index (χ0n) is 12.9. The minimum absolute atomic E-state index is 0.102. The van der Waals surface area contributed by atoms with Crippen LogP contribution in [0.4, 0.5) is 0 Å². The largest absolute Gasteiger partial charge is 0.325 e. The molecular weight excluding hydrogens is 272 g/mol. The van der Waals surface area contributed by atoms with E-state index in [0.29, 0.717) is 6.54 Å². The highest BCUT2D eigenvalue weighted by Crippen LogP contribution is 2.28. The fourth-order valence-electron chi connectivity index (χ4n) is 2.62. The Bertz CT molecular complexity index is 745. The zero-order valence-corrected chi connectivity index (χ0v) is 12.9. The van der Waals surface area contributed by atoms with Gasteiger partial charge < -0.3 is 5.73 Å². The minimum Gasteiger partial charge on any atom is -0.325 e. The minimum atomic E-state index is 0.102. The molecule has 1 aromatic heterocycles. The van der Waals surface area contributed by atoms with Crippen molar-refractivity contribution >= 4 is 0 Å². The molecule has 2 aromatic carbocycles. The molecule has 0 saturated carbocycles.